The highest BCUT2D eigenvalue weighted by atomic mass is 127. The van der Waals surface area contributed by atoms with Crippen LogP contribution in [0.3, 0.4) is 0 Å². The lowest BCUT2D eigenvalue weighted by Crippen LogP contribution is -2.52. The van der Waals surface area contributed by atoms with E-state index in [-0.39, 0.29) is 24.0 Å². The molecule has 0 unspecified atom stereocenters. The summed E-state index contributed by atoms with van der Waals surface area (Å²) in [4.78, 5) is 11.9. The first-order valence-corrected chi connectivity index (χ1v) is 11.2. The van der Waals surface area contributed by atoms with Gasteiger partial charge < -0.3 is 24.8 Å². The number of aliphatic imine (C=N–C) groups is 1. The predicted octanol–water partition coefficient (Wildman–Crippen LogP) is 3.59. The number of piperazine rings is 1. The minimum Gasteiger partial charge on any atom is -0.492 e. The Balaban J connectivity index is 0.00000320. The van der Waals surface area contributed by atoms with E-state index in [1.165, 1.54) is 5.00 Å². The monoisotopic (exact) mass is 543 g/mol. The van der Waals surface area contributed by atoms with E-state index in [0.717, 1.165) is 56.5 Å². The van der Waals surface area contributed by atoms with Crippen LogP contribution in [0.25, 0.3) is 0 Å². The molecular formula is C22H34IN5OS. The molecule has 1 N–H and O–H groups in total. The summed E-state index contributed by atoms with van der Waals surface area (Å²) in [6, 6.07) is 12.5. The van der Waals surface area contributed by atoms with Gasteiger partial charge in [0, 0.05) is 44.8 Å². The van der Waals surface area contributed by atoms with Crippen molar-refractivity contribution < 1.29 is 4.74 Å². The first kappa shape index (κ1) is 24.7. The molecule has 0 saturated carbocycles. The van der Waals surface area contributed by atoms with E-state index >= 15 is 0 Å². The van der Waals surface area contributed by atoms with E-state index in [9.17, 15) is 0 Å². The zero-order chi connectivity index (χ0) is 20.5. The topological polar surface area (TPSA) is 43.3 Å². The molecule has 0 atom stereocenters. The average molecular weight is 544 g/mol. The van der Waals surface area contributed by atoms with Crippen LogP contribution in [0.1, 0.15) is 12.5 Å². The zero-order valence-electron chi connectivity index (χ0n) is 18.2. The van der Waals surface area contributed by atoms with Crippen LogP contribution in [-0.4, -0.2) is 75.7 Å². The van der Waals surface area contributed by atoms with Crippen molar-refractivity contribution in [3.63, 3.8) is 0 Å². The third-order valence-electron chi connectivity index (χ3n) is 4.90. The smallest absolute Gasteiger partial charge is 0.194 e. The Kier molecular flexibility index (Phi) is 10.7. The first-order chi connectivity index (χ1) is 14.2. The minimum atomic E-state index is 0. The fourth-order valence-corrected chi connectivity index (χ4v) is 4.07. The SMILES string of the molecule is CCNC(=NCc1ccccc1OCCN(C)C)N1CCN(c2cccs2)CC1.I. The molecule has 0 amide bonds. The van der Waals surface area contributed by atoms with Crippen LogP contribution in [0.5, 0.6) is 5.75 Å². The molecule has 6 nitrogen and oxygen atoms in total. The second-order valence-corrected chi connectivity index (χ2v) is 8.28. The fourth-order valence-electron chi connectivity index (χ4n) is 3.29. The summed E-state index contributed by atoms with van der Waals surface area (Å²) >= 11 is 1.81. The van der Waals surface area contributed by atoms with Crippen molar-refractivity contribution >= 4 is 46.3 Å². The number of halogens is 1. The van der Waals surface area contributed by atoms with Gasteiger partial charge >= 0.3 is 0 Å². The molecule has 0 aliphatic carbocycles. The lowest BCUT2D eigenvalue weighted by atomic mass is 10.2. The maximum Gasteiger partial charge on any atom is 0.194 e. The van der Waals surface area contributed by atoms with E-state index in [1.807, 2.05) is 23.5 Å². The molecule has 1 aromatic carbocycles. The van der Waals surface area contributed by atoms with Gasteiger partial charge in [0.05, 0.1) is 11.5 Å². The van der Waals surface area contributed by atoms with Crippen LogP contribution in [0, 0.1) is 0 Å². The summed E-state index contributed by atoms with van der Waals surface area (Å²) in [7, 11) is 4.11. The molecule has 1 aromatic heterocycles. The molecule has 2 aromatic rings. The highest BCUT2D eigenvalue weighted by Crippen LogP contribution is 2.23. The second kappa shape index (κ2) is 13.0. The summed E-state index contributed by atoms with van der Waals surface area (Å²) in [5.74, 6) is 1.91. The molecule has 0 bridgehead atoms. The number of hydrogen-bond donors (Lipinski definition) is 1. The second-order valence-electron chi connectivity index (χ2n) is 7.36. The number of rotatable bonds is 8. The zero-order valence-corrected chi connectivity index (χ0v) is 21.4. The molecule has 0 radical (unpaired) electrons. The van der Waals surface area contributed by atoms with Gasteiger partial charge in [-0.2, -0.15) is 0 Å². The number of thiophene rings is 1. The molecule has 1 fully saturated rings. The summed E-state index contributed by atoms with van der Waals surface area (Å²) in [6.07, 6.45) is 0. The quantitative estimate of drug-likeness (QED) is 0.313. The molecule has 2 heterocycles. The Morgan fingerprint density at radius 2 is 1.90 bits per heavy atom. The van der Waals surface area contributed by atoms with Crippen LogP contribution in [0.4, 0.5) is 5.00 Å². The van der Waals surface area contributed by atoms with Crippen LogP contribution >= 0.6 is 35.3 Å². The van der Waals surface area contributed by atoms with Gasteiger partial charge in [0.25, 0.3) is 0 Å². The van der Waals surface area contributed by atoms with E-state index in [2.05, 4.69) is 70.7 Å². The van der Waals surface area contributed by atoms with Crippen molar-refractivity contribution in [1.82, 2.24) is 15.1 Å². The van der Waals surface area contributed by atoms with Crippen molar-refractivity contribution in [3.05, 3.63) is 47.3 Å². The number of guanidine groups is 1. The number of hydrogen-bond acceptors (Lipinski definition) is 5. The third kappa shape index (κ3) is 7.31. The lowest BCUT2D eigenvalue weighted by Gasteiger charge is -2.37. The highest BCUT2D eigenvalue weighted by molar-refractivity contribution is 14.0. The van der Waals surface area contributed by atoms with Gasteiger partial charge in [0.1, 0.15) is 12.4 Å². The standard InChI is InChI=1S/C22H33N5OS.HI/c1-4-23-22(27-13-11-26(12-14-27)21-10-7-17-29-21)24-18-19-8-5-6-9-20(19)28-16-15-25(2)3;/h5-10,17H,4,11-16,18H2,1-3H3,(H,23,24);1H. The minimum absolute atomic E-state index is 0. The summed E-state index contributed by atoms with van der Waals surface area (Å²) in [5, 5.41) is 6.96. The van der Waals surface area contributed by atoms with Crippen LogP contribution in [0.2, 0.25) is 0 Å². The Hall–Kier alpha value is -1.52. The van der Waals surface area contributed by atoms with Gasteiger partial charge in [0.15, 0.2) is 5.96 Å². The van der Waals surface area contributed by atoms with Crippen molar-refractivity contribution in [2.24, 2.45) is 4.99 Å². The maximum absolute atomic E-state index is 5.99. The number of likely N-dealkylation sites (N-methyl/N-ethyl adjacent to an activating group) is 1. The molecule has 30 heavy (non-hydrogen) atoms. The van der Waals surface area contributed by atoms with E-state index in [4.69, 9.17) is 9.73 Å². The van der Waals surface area contributed by atoms with Gasteiger partial charge in [-0.15, -0.1) is 35.3 Å². The molecule has 0 spiro atoms. The largest absolute Gasteiger partial charge is 0.492 e. The lowest BCUT2D eigenvalue weighted by molar-refractivity contribution is 0.259. The summed E-state index contributed by atoms with van der Waals surface area (Å²) < 4.78 is 5.99. The van der Waals surface area contributed by atoms with E-state index < -0.39 is 0 Å². The van der Waals surface area contributed by atoms with Crippen molar-refractivity contribution in [2.75, 3.05) is 64.9 Å². The van der Waals surface area contributed by atoms with Crippen molar-refractivity contribution in [1.29, 1.82) is 0 Å². The van der Waals surface area contributed by atoms with Gasteiger partial charge in [-0.1, -0.05) is 18.2 Å². The first-order valence-electron chi connectivity index (χ1n) is 10.3. The number of nitrogens with one attached hydrogen (secondary N) is 1. The number of para-hydroxylation sites is 1. The average Bonchev–Trinajstić information content (AvgIpc) is 3.27. The maximum atomic E-state index is 5.99. The Bertz CT molecular complexity index is 761. The Labute approximate surface area is 201 Å². The third-order valence-corrected chi connectivity index (χ3v) is 5.83. The Morgan fingerprint density at radius 1 is 1.13 bits per heavy atom. The van der Waals surface area contributed by atoms with Gasteiger partial charge in [-0.25, -0.2) is 4.99 Å². The summed E-state index contributed by atoms with van der Waals surface area (Å²) in [5.41, 5.74) is 1.12. The number of anilines is 1. The normalized spacial score (nSPS) is 14.6. The molecule has 8 heteroatoms. The predicted molar refractivity (Wildman–Crippen MR) is 139 cm³/mol. The molecule has 1 aliphatic heterocycles. The van der Waals surface area contributed by atoms with Crippen LogP contribution < -0.4 is 15.0 Å². The molecule has 3 rings (SSSR count). The summed E-state index contributed by atoms with van der Waals surface area (Å²) in [6.45, 7) is 9.18. The van der Waals surface area contributed by atoms with Gasteiger partial charge in [-0.05, 0) is 44.6 Å². The van der Waals surface area contributed by atoms with Crippen molar-refractivity contribution in [3.8, 4) is 5.75 Å². The van der Waals surface area contributed by atoms with Crippen LogP contribution in [0.15, 0.2) is 46.8 Å². The number of nitrogens with zero attached hydrogens (tertiary/aromatic N) is 4. The Morgan fingerprint density at radius 3 is 2.57 bits per heavy atom. The number of benzene rings is 1. The molecule has 166 valence electrons. The van der Waals surface area contributed by atoms with E-state index in [0.29, 0.717) is 13.2 Å². The van der Waals surface area contributed by atoms with Gasteiger partial charge in [0.2, 0.25) is 0 Å². The molecule has 1 aliphatic rings. The van der Waals surface area contributed by atoms with E-state index in [1.54, 1.807) is 0 Å². The van der Waals surface area contributed by atoms with Gasteiger partial charge in [-0.3, -0.25) is 0 Å². The molecule has 1 saturated heterocycles. The highest BCUT2D eigenvalue weighted by Gasteiger charge is 2.20. The molecular weight excluding hydrogens is 509 g/mol. The van der Waals surface area contributed by atoms with Crippen LogP contribution in [-0.2, 0) is 6.54 Å². The fraction of sp³-hybridized carbons (Fsp3) is 0.500. The number of ether oxygens (including phenoxy) is 1. The van der Waals surface area contributed by atoms with Crippen molar-refractivity contribution in [2.45, 2.75) is 13.5 Å².